The first-order valence-corrected chi connectivity index (χ1v) is 6.71. The largest absolute Gasteiger partial charge is 0.462 e. The molecule has 0 atom stereocenters. The molecule has 0 saturated heterocycles. The van der Waals surface area contributed by atoms with Crippen molar-refractivity contribution in [1.29, 1.82) is 0 Å². The number of hydrogen-bond donors (Lipinski definition) is 1. The number of ether oxygens (including phenoxy) is 1. The Morgan fingerprint density at radius 2 is 2.28 bits per heavy atom. The molecule has 98 valence electrons. The van der Waals surface area contributed by atoms with Crippen LogP contribution in [0.15, 0.2) is 18.2 Å². The monoisotopic (exact) mass is 247 g/mol. The van der Waals surface area contributed by atoms with Crippen LogP contribution in [0.25, 0.3) is 0 Å². The SMILES string of the molecule is CC(C)CCOC(=O)c1ccc2c(c1)CCCN2. The summed E-state index contributed by atoms with van der Waals surface area (Å²) >= 11 is 0. The van der Waals surface area contributed by atoms with Crippen LogP contribution in [0.2, 0.25) is 0 Å². The van der Waals surface area contributed by atoms with E-state index in [-0.39, 0.29) is 5.97 Å². The van der Waals surface area contributed by atoms with Gasteiger partial charge in [-0.3, -0.25) is 0 Å². The van der Waals surface area contributed by atoms with Gasteiger partial charge in [-0.1, -0.05) is 13.8 Å². The Morgan fingerprint density at radius 3 is 3.06 bits per heavy atom. The molecule has 0 aromatic heterocycles. The first-order chi connectivity index (χ1) is 8.66. The quantitative estimate of drug-likeness (QED) is 0.830. The molecule has 0 aliphatic carbocycles. The van der Waals surface area contributed by atoms with Crippen molar-refractivity contribution in [2.75, 3.05) is 18.5 Å². The summed E-state index contributed by atoms with van der Waals surface area (Å²) in [6.45, 7) is 5.77. The van der Waals surface area contributed by atoms with E-state index in [2.05, 4.69) is 19.2 Å². The number of esters is 1. The van der Waals surface area contributed by atoms with E-state index >= 15 is 0 Å². The molecule has 1 aromatic carbocycles. The maximum atomic E-state index is 11.9. The zero-order valence-corrected chi connectivity index (χ0v) is 11.2. The van der Waals surface area contributed by atoms with Crippen LogP contribution in [0.3, 0.4) is 0 Å². The number of benzene rings is 1. The Balaban J connectivity index is 1.98. The van der Waals surface area contributed by atoms with Gasteiger partial charge in [0.15, 0.2) is 0 Å². The molecule has 3 nitrogen and oxygen atoms in total. The average molecular weight is 247 g/mol. The summed E-state index contributed by atoms with van der Waals surface area (Å²) in [7, 11) is 0. The Hall–Kier alpha value is -1.51. The van der Waals surface area contributed by atoms with Gasteiger partial charge in [0.2, 0.25) is 0 Å². The maximum absolute atomic E-state index is 11.9. The number of carbonyl (C=O) groups excluding carboxylic acids is 1. The van der Waals surface area contributed by atoms with Crippen molar-refractivity contribution >= 4 is 11.7 Å². The molecule has 0 amide bonds. The second-order valence-electron chi connectivity index (χ2n) is 5.22. The van der Waals surface area contributed by atoms with Gasteiger partial charge in [-0.15, -0.1) is 0 Å². The van der Waals surface area contributed by atoms with Crippen molar-refractivity contribution in [2.24, 2.45) is 5.92 Å². The molecule has 3 heteroatoms. The summed E-state index contributed by atoms with van der Waals surface area (Å²) < 4.78 is 5.27. The van der Waals surface area contributed by atoms with E-state index in [4.69, 9.17) is 4.74 Å². The second-order valence-corrected chi connectivity index (χ2v) is 5.22. The first-order valence-electron chi connectivity index (χ1n) is 6.71. The molecule has 1 aliphatic heterocycles. The van der Waals surface area contributed by atoms with Crippen LogP contribution in [0.5, 0.6) is 0 Å². The van der Waals surface area contributed by atoms with E-state index < -0.39 is 0 Å². The van der Waals surface area contributed by atoms with Crippen LogP contribution in [0.4, 0.5) is 5.69 Å². The minimum Gasteiger partial charge on any atom is -0.462 e. The van der Waals surface area contributed by atoms with Gasteiger partial charge in [0.25, 0.3) is 0 Å². The molecule has 1 aliphatic rings. The highest BCUT2D eigenvalue weighted by Crippen LogP contribution is 2.23. The molecule has 2 rings (SSSR count). The molecule has 1 aromatic rings. The Morgan fingerprint density at radius 1 is 1.44 bits per heavy atom. The Labute approximate surface area is 109 Å². The highest BCUT2D eigenvalue weighted by atomic mass is 16.5. The molecule has 1 heterocycles. The lowest BCUT2D eigenvalue weighted by atomic mass is 10.0. The van der Waals surface area contributed by atoms with Crippen LogP contribution < -0.4 is 5.32 Å². The van der Waals surface area contributed by atoms with Gasteiger partial charge in [-0.05, 0) is 48.9 Å². The summed E-state index contributed by atoms with van der Waals surface area (Å²) in [5.74, 6) is 0.356. The first kappa shape index (κ1) is 12.9. The lowest BCUT2D eigenvalue weighted by Gasteiger charge is -2.18. The molecule has 18 heavy (non-hydrogen) atoms. The third-order valence-electron chi connectivity index (χ3n) is 3.21. The van der Waals surface area contributed by atoms with E-state index in [1.807, 2.05) is 18.2 Å². The number of nitrogens with one attached hydrogen (secondary N) is 1. The summed E-state index contributed by atoms with van der Waals surface area (Å²) in [6, 6.07) is 5.78. The van der Waals surface area contributed by atoms with Crippen molar-refractivity contribution in [2.45, 2.75) is 33.1 Å². The summed E-state index contributed by atoms with van der Waals surface area (Å²) in [5, 5.41) is 3.33. The van der Waals surface area contributed by atoms with Gasteiger partial charge in [-0.2, -0.15) is 0 Å². The number of rotatable bonds is 4. The molecule has 0 saturated carbocycles. The van der Waals surface area contributed by atoms with Crippen LogP contribution in [-0.2, 0) is 11.2 Å². The average Bonchev–Trinajstić information content (AvgIpc) is 2.37. The summed E-state index contributed by atoms with van der Waals surface area (Å²) in [5.41, 5.74) is 3.04. The molecule has 0 radical (unpaired) electrons. The van der Waals surface area contributed by atoms with Gasteiger partial charge in [0.1, 0.15) is 0 Å². The molecule has 0 spiro atoms. The van der Waals surface area contributed by atoms with Crippen LogP contribution >= 0.6 is 0 Å². The van der Waals surface area contributed by atoms with Gasteiger partial charge >= 0.3 is 5.97 Å². The van der Waals surface area contributed by atoms with Gasteiger partial charge in [0, 0.05) is 12.2 Å². The number of fused-ring (bicyclic) bond motifs is 1. The van der Waals surface area contributed by atoms with Gasteiger partial charge in [0.05, 0.1) is 12.2 Å². The fourth-order valence-corrected chi connectivity index (χ4v) is 2.07. The lowest BCUT2D eigenvalue weighted by molar-refractivity contribution is 0.0488. The number of aryl methyl sites for hydroxylation is 1. The molecule has 1 N–H and O–H groups in total. The van der Waals surface area contributed by atoms with Crippen LogP contribution in [-0.4, -0.2) is 19.1 Å². The van der Waals surface area contributed by atoms with E-state index in [9.17, 15) is 4.79 Å². The molecule has 0 bridgehead atoms. The van der Waals surface area contributed by atoms with E-state index in [0.29, 0.717) is 18.1 Å². The normalized spacial score (nSPS) is 13.9. The third-order valence-corrected chi connectivity index (χ3v) is 3.21. The Kier molecular flexibility index (Phi) is 4.24. The second kappa shape index (κ2) is 5.89. The highest BCUT2D eigenvalue weighted by molar-refractivity contribution is 5.90. The zero-order chi connectivity index (χ0) is 13.0. The van der Waals surface area contributed by atoms with Crippen molar-refractivity contribution < 1.29 is 9.53 Å². The smallest absolute Gasteiger partial charge is 0.338 e. The number of hydrogen-bond acceptors (Lipinski definition) is 3. The zero-order valence-electron chi connectivity index (χ0n) is 11.2. The fraction of sp³-hybridized carbons (Fsp3) is 0.533. The predicted molar refractivity (Wildman–Crippen MR) is 73.0 cm³/mol. The lowest BCUT2D eigenvalue weighted by Crippen LogP contribution is -2.13. The minimum absolute atomic E-state index is 0.205. The topological polar surface area (TPSA) is 38.3 Å². The van der Waals surface area contributed by atoms with E-state index in [0.717, 1.165) is 31.5 Å². The van der Waals surface area contributed by atoms with E-state index in [1.54, 1.807) is 0 Å². The number of carbonyl (C=O) groups is 1. The molecular weight excluding hydrogens is 226 g/mol. The number of anilines is 1. The molecule has 0 fully saturated rings. The van der Waals surface area contributed by atoms with Crippen molar-refractivity contribution in [1.82, 2.24) is 0 Å². The van der Waals surface area contributed by atoms with Gasteiger partial charge < -0.3 is 10.1 Å². The standard InChI is InChI=1S/C15H21NO2/c1-11(2)7-9-18-15(17)13-5-6-14-12(10-13)4-3-8-16-14/h5-6,10-11,16H,3-4,7-9H2,1-2H3. The summed E-state index contributed by atoms with van der Waals surface area (Å²) in [6.07, 6.45) is 3.08. The van der Waals surface area contributed by atoms with Crippen LogP contribution in [0.1, 0.15) is 42.6 Å². The fourth-order valence-electron chi connectivity index (χ4n) is 2.07. The van der Waals surface area contributed by atoms with E-state index in [1.165, 1.54) is 5.56 Å². The van der Waals surface area contributed by atoms with Crippen molar-refractivity contribution in [3.8, 4) is 0 Å². The maximum Gasteiger partial charge on any atom is 0.338 e. The predicted octanol–water partition coefficient (Wildman–Crippen LogP) is 3.25. The minimum atomic E-state index is -0.205. The van der Waals surface area contributed by atoms with Crippen molar-refractivity contribution in [3.63, 3.8) is 0 Å². The highest BCUT2D eigenvalue weighted by Gasteiger charge is 2.13. The van der Waals surface area contributed by atoms with Crippen LogP contribution in [0, 0.1) is 5.92 Å². The van der Waals surface area contributed by atoms with Crippen molar-refractivity contribution in [3.05, 3.63) is 29.3 Å². The molecular formula is C15H21NO2. The molecule has 0 unspecified atom stereocenters. The third kappa shape index (κ3) is 3.25. The summed E-state index contributed by atoms with van der Waals surface area (Å²) in [4.78, 5) is 11.9. The Bertz CT molecular complexity index is 427. The van der Waals surface area contributed by atoms with Gasteiger partial charge in [-0.25, -0.2) is 4.79 Å².